The van der Waals surface area contributed by atoms with E-state index in [0.717, 1.165) is 18.8 Å². The minimum Gasteiger partial charge on any atom is -0.309 e. The zero-order valence-electron chi connectivity index (χ0n) is 32.1. The van der Waals surface area contributed by atoms with E-state index in [1.807, 2.05) is 0 Å². The predicted molar refractivity (Wildman–Crippen MR) is 213 cm³/mol. The minimum atomic E-state index is 0.864. The number of hydrogen-bond donors (Lipinski definition) is 0. The lowest BCUT2D eigenvalue weighted by atomic mass is 9.88. The zero-order chi connectivity index (χ0) is 33.6. The second-order valence-electron chi connectivity index (χ2n) is 14.5. The van der Waals surface area contributed by atoms with Crippen molar-refractivity contribution in [3.63, 3.8) is 0 Å². The third kappa shape index (κ3) is 37.1. The summed E-state index contributed by atoms with van der Waals surface area (Å²) in [6.07, 6.45) is 57.7. The first-order valence-corrected chi connectivity index (χ1v) is 20.5. The van der Waals surface area contributed by atoms with Gasteiger partial charge < -0.3 is 4.90 Å². The summed E-state index contributed by atoms with van der Waals surface area (Å²) in [7, 11) is 4.37. The molecule has 268 valence electrons. The molecule has 0 aromatic carbocycles. The maximum Gasteiger partial charge on any atom is -0.00218 e. The highest BCUT2D eigenvalue weighted by molar-refractivity contribution is 4.96. The van der Waals surface area contributed by atoms with Crippen molar-refractivity contribution in [1.29, 1.82) is 0 Å². The van der Waals surface area contributed by atoms with E-state index < -0.39 is 0 Å². The Morgan fingerprint density at radius 1 is 0.478 bits per heavy atom. The number of allylic oxidation sites excluding steroid dienone is 9. The first-order chi connectivity index (χ1) is 22.6. The van der Waals surface area contributed by atoms with Crippen LogP contribution in [0.1, 0.15) is 200 Å². The van der Waals surface area contributed by atoms with Crippen molar-refractivity contribution in [3.8, 4) is 0 Å². The molecule has 1 heteroatoms. The summed E-state index contributed by atoms with van der Waals surface area (Å²) in [5.41, 5.74) is 1.51. The molecular weight excluding hydrogens is 555 g/mol. The van der Waals surface area contributed by atoms with Crippen LogP contribution < -0.4 is 0 Å². The van der Waals surface area contributed by atoms with E-state index in [-0.39, 0.29) is 0 Å². The van der Waals surface area contributed by atoms with Gasteiger partial charge in [0.2, 0.25) is 0 Å². The van der Waals surface area contributed by atoms with Crippen molar-refractivity contribution >= 4 is 0 Å². The summed E-state index contributed by atoms with van der Waals surface area (Å²) in [6, 6.07) is 0. The van der Waals surface area contributed by atoms with Crippen LogP contribution in [0, 0.1) is 5.92 Å². The van der Waals surface area contributed by atoms with Crippen molar-refractivity contribution in [1.82, 2.24) is 4.90 Å². The molecule has 46 heavy (non-hydrogen) atoms. The Labute approximate surface area is 291 Å². The molecule has 1 nitrogen and oxygen atoms in total. The van der Waals surface area contributed by atoms with Gasteiger partial charge in [0.25, 0.3) is 0 Å². The van der Waals surface area contributed by atoms with Gasteiger partial charge in [-0.2, -0.15) is 0 Å². The van der Waals surface area contributed by atoms with Crippen molar-refractivity contribution in [2.45, 2.75) is 200 Å². The molecule has 0 aliphatic heterocycles. The fraction of sp³-hybridized carbons (Fsp3) is 0.778. The van der Waals surface area contributed by atoms with Crippen LogP contribution in [0.3, 0.4) is 0 Å². The molecule has 0 bridgehead atoms. The SMILES string of the molecule is C=C(CCCN(C)C)CC(CCCCCCCC/C=C\C/C=C\CCCCC)CCCCCCCC/C=C\C/C=C\CCCCC. The van der Waals surface area contributed by atoms with Crippen molar-refractivity contribution < 1.29 is 0 Å². The maximum absolute atomic E-state index is 4.50. The highest BCUT2D eigenvalue weighted by Crippen LogP contribution is 2.26. The summed E-state index contributed by atoms with van der Waals surface area (Å²) in [5.74, 6) is 0.864. The molecule has 0 heterocycles. The van der Waals surface area contributed by atoms with Gasteiger partial charge >= 0.3 is 0 Å². The molecule has 0 rings (SSSR count). The smallest absolute Gasteiger partial charge is 0.00218 e. The Hall–Kier alpha value is -1.34. The monoisotopic (exact) mass is 638 g/mol. The third-order valence-corrected chi connectivity index (χ3v) is 9.34. The van der Waals surface area contributed by atoms with E-state index in [2.05, 4.69) is 88.0 Å². The molecule has 0 aromatic heterocycles. The largest absolute Gasteiger partial charge is 0.309 e. The van der Waals surface area contributed by atoms with Crippen LogP contribution in [0.5, 0.6) is 0 Å². The molecule has 0 radical (unpaired) electrons. The van der Waals surface area contributed by atoms with Crippen LogP contribution >= 0.6 is 0 Å². The zero-order valence-corrected chi connectivity index (χ0v) is 32.1. The van der Waals surface area contributed by atoms with Gasteiger partial charge in [0.1, 0.15) is 0 Å². The number of nitrogens with zero attached hydrogens (tertiary/aromatic N) is 1. The van der Waals surface area contributed by atoms with Crippen LogP contribution in [0.15, 0.2) is 60.8 Å². The van der Waals surface area contributed by atoms with Gasteiger partial charge in [0.15, 0.2) is 0 Å². The lowest BCUT2D eigenvalue weighted by Crippen LogP contribution is -2.13. The molecule has 0 amide bonds. The first kappa shape index (κ1) is 44.7. The van der Waals surface area contributed by atoms with Gasteiger partial charge in [-0.25, -0.2) is 0 Å². The first-order valence-electron chi connectivity index (χ1n) is 20.5. The van der Waals surface area contributed by atoms with Gasteiger partial charge in [-0.1, -0.05) is 177 Å². The van der Waals surface area contributed by atoms with E-state index in [1.165, 1.54) is 185 Å². The molecular formula is C45H83N. The summed E-state index contributed by atoms with van der Waals surface area (Å²) >= 11 is 0. The normalized spacial score (nSPS) is 12.5. The second kappa shape index (κ2) is 38.1. The number of hydrogen-bond acceptors (Lipinski definition) is 1. The van der Waals surface area contributed by atoms with Crippen molar-refractivity contribution in [2.75, 3.05) is 20.6 Å². The lowest BCUT2D eigenvalue weighted by molar-refractivity contribution is 0.382. The van der Waals surface area contributed by atoms with Crippen LogP contribution in [0.25, 0.3) is 0 Å². The Kier molecular flexibility index (Phi) is 37.0. The predicted octanol–water partition coefficient (Wildman–Crippen LogP) is 15.3. The molecule has 0 N–H and O–H groups in total. The van der Waals surface area contributed by atoms with E-state index in [4.69, 9.17) is 0 Å². The lowest BCUT2D eigenvalue weighted by Gasteiger charge is -2.19. The minimum absolute atomic E-state index is 0.864. The second-order valence-corrected chi connectivity index (χ2v) is 14.5. The molecule has 0 aromatic rings. The van der Waals surface area contributed by atoms with Gasteiger partial charge in [-0.3, -0.25) is 0 Å². The quantitative estimate of drug-likeness (QED) is 0.0488. The fourth-order valence-electron chi connectivity index (χ4n) is 6.35. The molecule has 0 aliphatic carbocycles. The summed E-state index contributed by atoms with van der Waals surface area (Å²) in [4.78, 5) is 2.30. The van der Waals surface area contributed by atoms with Crippen LogP contribution in [0.4, 0.5) is 0 Å². The van der Waals surface area contributed by atoms with E-state index in [1.54, 1.807) is 0 Å². The molecule has 0 saturated carbocycles. The van der Waals surface area contributed by atoms with E-state index in [9.17, 15) is 0 Å². The molecule has 0 spiro atoms. The Balaban J connectivity index is 4.01. The molecule has 0 atom stereocenters. The summed E-state index contributed by atoms with van der Waals surface area (Å²) < 4.78 is 0. The van der Waals surface area contributed by atoms with E-state index >= 15 is 0 Å². The summed E-state index contributed by atoms with van der Waals surface area (Å²) in [5, 5.41) is 0. The van der Waals surface area contributed by atoms with Gasteiger partial charge in [0, 0.05) is 0 Å². The number of unbranched alkanes of at least 4 members (excludes halogenated alkanes) is 18. The van der Waals surface area contributed by atoms with Gasteiger partial charge in [0.05, 0.1) is 0 Å². The molecule has 0 unspecified atom stereocenters. The maximum atomic E-state index is 4.50. The number of rotatable bonds is 36. The average Bonchev–Trinajstić information content (AvgIpc) is 3.04. The van der Waals surface area contributed by atoms with E-state index in [0.29, 0.717) is 0 Å². The summed E-state index contributed by atoms with van der Waals surface area (Å²) in [6.45, 7) is 10.2. The standard InChI is InChI=1S/C45H83N/c1-6-8-10-12-14-16-18-20-22-24-26-28-30-32-34-36-40-45(43-44(3)39-38-42-46(4)5)41-37-35-33-31-29-27-25-23-21-19-17-15-13-11-9-7-2/h14-17,20-23,45H,3,6-13,18-19,24-43H2,1-2,4-5H3/b16-14-,17-15-,22-20-,23-21-. The Morgan fingerprint density at radius 2 is 0.848 bits per heavy atom. The van der Waals surface area contributed by atoms with Gasteiger partial charge in [-0.15, -0.1) is 0 Å². The van der Waals surface area contributed by atoms with Gasteiger partial charge in [-0.05, 0) is 110 Å². The topological polar surface area (TPSA) is 3.24 Å². The van der Waals surface area contributed by atoms with Crippen LogP contribution in [0.2, 0.25) is 0 Å². The Bertz CT molecular complexity index is 675. The van der Waals surface area contributed by atoms with Crippen molar-refractivity contribution in [2.24, 2.45) is 5.92 Å². The molecule has 0 aliphatic rings. The molecule has 0 saturated heterocycles. The molecule has 0 fully saturated rings. The average molecular weight is 638 g/mol. The van der Waals surface area contributed by atoms with Crippen LogP contribution in [-0.4, -0.2) is 25.5 Å². The highest BCUT2D eigenvalue weighted by atomic mass is 15.0. The third-order valence-electron chi connectivity index (χ3n) is 9.34. The fourth-order valence-corrected chi connectivity index (χ4v) is 6.35. The van der Waals surface area contributed by atoms with Crippen LogP contribution in [-0.2, 0) is 0 Å². The Morgan fingerprint density at radius 3 is 1.24 bits per heavy atom. The van der Waals surface area contributed by atoms with Crippen molar-refractivity contribution in [3.05, 3.63) is 60.8 Å². The highest BCUT2D eigenvalue weighted by Gasteiger charge is 2.11.